The Morgan fingerprint density at radius 2 is 1.96 bits per heavy atom. The van der Waals surface area contributed by atoms with Crippen molar-refractivity contribution >= 4 is 11.6 Å². The van der Waals surface area contributed by atoms with Crippen molar-refractivity contribution in [3.8, 4) is 11.7 Å². The van der Waals surface area contributed by atoms with Crippen LogP contribution in [0.15, 0.2) is 24.4 Å². The molecular formula is C18H20ClN3O2. The van der Waals surface area contributed by atoms with Gasteiger partial charge in [0, 0.05) is 17.8 Å². The summed E-state index contributed by atoms with van der Waals surface area (Å²) in [6.07, 6.45) is 8.76. The molecule has 1 N–H and O–H groups in total. The van der Waals surface area contributed by atoms with Gasteiger partial charge in [-0.1, -0.05) is 11.6 Å². The smallest absolute Gasteiger partial charge is 0.233 e. The number of ether oxygens (including phenoxy) is 1. The molecule has 2 aromatic heterocycles. The molecule has 0 atom stereocenters. The van der Waals surface area contributed by atoms with Gasteiger partial charge in [0.05, 0.1) is 13.2 Å². The molecule has 2 spiro atoms. The zero-order valence-corrected chi connectivity index (χ0v) is 14.2. The Kier molecular flexibility index (Phi) is 3.04. The van der Waals surface area contributed by atoms with Crippen molar-refractivity contribution in [3.63, 3.8) is 0 Å². The zero-order valence-electron chi connectivity index (χ0n) is 13.4. The van der Waals surface area contributed by atoms with E-state index in [0.717, 1.165) is 29.8 Å². The molecule has 0 amide bonds. The number of fused-ring (bicyclic) bond motifs is 1. The van der Waals surface area contributed by atoms with Crippen molar-refractivity contribution in [2.75, 3.05) is 6.61 Å². The second kappa shape index (κ2) is 4.96. The number of hydrogen-bond donors (Lipinski definition) is 1. The van der Waals surface area contributed by atoms with Crippen LogP contribution in [0.3, 0.4) is 0 Å². The van der Waals surface area contributed by atoms with Crippen molar-refractivity contribution in [3.05, 3.63) is 35.1 Å². The van der Waals surface area contributed by atoms with Crippen LogP contribution in [0.2, 0.25) is 5.15 Å². The summed E-state index contributed by atoms with van der Waals surface area (Å²) >= 11 is 6.03. The standard InChI is InChI=1S/C18H20ClN3O2/c19-16-12(11-23)1-2-14(20-16)22-9-3-15(21-22)24-10-4-13-17(5-6-17)18(13)7-8-18/h1-3,9,13,23H,4-8,10-11H2. The Bertz CT molecular complexity index is 777. The molecule has 0 bridgehead atoms. The molecule has 2 heterocycles. The quantitative estimate of drug-likeness (QED) is 0.815. The summed E-state index contributed by atoms with van der Waals surface area (Å²) in [5, 5.41) is 13.9. The first-order chi connectivity index (χ1) is 11.7. The molecule has 3 fully saturated rings. The largest absolute Gasteiger partial charge is 0.477 e. The fourth-order valence-electron chi connectivity index (χ4n) is 4.85. The highest BCUT2D eigenvalue weighted by atomic mass is 35.5. The molecule has 0 radical (unpaired) electrons. The van der Waals surface area contributed by atoms with Gasteiger partial charge in [0.15, 0.2) is 5.82 Å². The molecule has 5 nitrogen and oxygen atoms in total. The summed E-state index contributed by atoms with van der Waals surface area (Å²) in [6.45, 7) is 0.618. The minimum atomic E-state index is -0.121. The van der Waals surface area contributed by atoms with E-state index >= 15 is 0 Å². The number of halogens is 1. The van der Waals surface area contributed by atoms with E-state index in [1.165, 1.54) is 25.7 Å². The topological polar surface area (TPSA) is 60.2 Å². The Hall–Kier alpha value is -1.59. The number of rotatable bonds is 6. The average Bonchev–Trinajstić information content (AvgIpc) is 3.53. The predicted octanol–water partition coefficient (Wildman–Crippen LogP) is 3.37. The first-order valence-electron chi connectivity index (χ1n) is 8.64. The lowest BCUT2D eigenvalue weighted by Gasteiger charge is -2.04. The monoisotopic (exact) mass is 345 g/mol. The van der Waals surface area contributed by atoms with E-state index in [4.69, 9.17) is 21.4 Å². The molecule has 24 heavy (non-hydrogen) atoms. The minimum Gasteiger partial charge on any atom is -0.477 e. The molecule has 126 valence electrons. The van der Waals surface area contributed by atoms with E-state index in [9.17, 15) is 0 Å². The van der Waals surface area contributed by atoms with E-state index in [2.05, 4.69) is 10.1 Å². The number of nitrogens with zero attached hydrogens (tertiary/aromatic N) is 3. The van der Waals surface area contributed by atoms with Crippen molar-refractivity contribution in [1.82, 2.24) is 14.8 Å². The number of aliphatic hydroxyl groups excluding tert-OH is 1. The lowest BCUT2D eigenvalue weighted by molar-refractivity contribution is 0.281. The van der Waals surface area contributed by atoms with Crippen LogP contribution in [0.1, 0.15) is 37.7 Å². The number of hydrogen-bond acceptors (Lipinski definition) is 4. The highest BCUT2D eigenvalue weighted by molar-refractivity contribution is 6.30. The molecule has 0 aliphatic heterocycles. The Morgan fingerprint density at radius 1 is 1.21 bits per heavy atom. The second-order valence-electron chi connectivity index (χ2n) is 7.38. The van der Waals surface area contributed by atoms with Crippen molar-refractivity contribution in [2.45, 2.75) is 38.7 Å². The summed E-state index contributed by atoms with van der Waals surface area (Å²) in [7, 11) is 0. The van der Waals surface area contributed by atoms with Crippen molar-refractivity contribution in [1.29, 1.82) is 0 Å². The van der Waals surface area contributed by atoms with Crippen LogP contribution in [-0.2, 0) is 6.61 Å². The normalized spacial score (nSPS) is 22.1. The third-order valence-corrected chi connectivity index (χ3v) is 6.68. The lowest BCUT2D eigenvalue weighted by atomic mass is 10.2. The highest BCUT2D eigenvalue weighted by Crippen LogP contribution is 2.93. The van der Waals surface area contributed by atoms with Gasteiger partial charge in [0.2, 0.25) is 5.88 Å². The molecule has 6 heteroatoms. The Morgan fingerprint density at radius 3 is 2.58 bits per heavy atom. The van der Waals surface area contributed by atoms with Crippen LogP contribution in [0.4, 0.5) is 0 Å². The molecule has 3 aliphatic carbocycles. The molecular weight excluding hydrogens is 326 g/mol. The lowest BCUT2D eigenvalue weighted by Crippen LogP contribution is -2.03. The number of pyridine rings is 1. The van der Waals surface area contributed by atoms with Gasteiger partial charge in [-0.05, 0) is 61.0 Å². The maximum absolute atomic E-state index is 9.15. The summed E-state index contributed by atoms with van der Waals surface area (Å²) < 4.78 is 7.49. The van der Waals surface area contributed by atoms with Gasteiger partial charge in [0.25, 0.3) is 0 Å². The van der Waals surface area contributed by atoms with Crippen LogP contribution in [0.25, 0.3) is 5.82 Å². The zero-order chi connectivity index (χ0) is 16.4. The van der Waals surface area contributed by atoms with Crippen LogP contribution in [-0.4, -0.2) is 26.5 Å². The molecule has 0 saturated heterocycles. The third kappa shape index (κ3) is 2.04. The Labute approximate surface area is 145 Å². The highest BCUT2D eigenvalue weighted by Gasteiger charge is 2.85. The van der Waals surface area contributed by atoms with Gasteiger partial charge in [-0.3, -0.25) is 0 Å². The summed E-state index contributed by atoms with van der Waals surface area (Å²) in [5.74, 6) is 2.14. The van der Waals surface area contributed by atoms with E-state index in [0.29, 0.717) is 22.4 Å². The molecule has 5 rings (SSSR count). The van der Waals surface area contributed by atoms with E-state index in [1.54, 1.807) is 16.8 Å². The molecule has 2 aromatic rings. The summed E-state index contributed by atoms with van der Waals surface area (Å²) in [5.41, 5.74) is 2.09. The molecule has 3 saturated carbocycles. The van der Waals surface area contributed by atoms with Crippen LogP contribution >= 0.6 is 11.6 Å². The first kappa shape index (κ1) is 14.7. The molecule has 3 aliphatic rings. The fraction of sp³-hybridized carbons (Fsp3) is 0.556. The summed E-state index contributed by atoms with van der Waals surface area (Å²) in [4.78, 5) is 4.25. The Balaban J connectivity index is 1.21. The molecule has 0 unspecified atom stereocenters. The fourth-order valence-corrected chi connectivity index (χ4v) is 5.06. The van der Waals surface area contributed by atoms with Crippen LogP contribution in [0, 0.1) is 16.7 Å². The summed E-state index contributed by atoms with van der Waals surface area (Å²) in [6, 6.07) is 5.39. The van der Waals surface area contributed by atoms with Gasteiger partial charge < -0.3 is 9.84 Å². The van der Waals surface area contributed by atoms with Gasteiger partial charge in [-0.25, -0.2) is 9.67 Å². The number of aliphatic hydroxyl groups is 1. The third-order valence-electron chi connectivity index (χ3n) is 6.36. The van der Waals surface area contributed by atoms with Crippen molar-refractivity contribution in [2.24, 2.45) is 16.7 Å². The van der Waals surface area contributed by atoms with E-state index in [1.807, 2.05) is 12.3 Å². The number of aromatic nitrogens is 3. The maximum atomic E-state index is 9.15. The van der Waals surface area contributed by atoms with Gasteiger partial charge in [0.1, 0.15) is 5.15 Å². The van der Waals surface area contributed by atoms with Crippen LogP contribution in [0.5, 0.6) is 5.88 Å². The molecule has 0 aromatic carbocycles. The predicted molar refractivity (Wildman–Crippen MR) is 89.2 cm³/mol. The average molecular weight is 346 g/mol. The first-order valence-corrected chi connectivity index (χ1v) is 9.01. The van der Waals surface area contributed by atoms with Gasteiger partial charge in [-0.2, -0.15) is 0 Å². The maximum Gasteiger partial charge on any atom is 0.233 e. The SMILES string of the molecule is OCc1ccc(-n2ccc(OCCC3C4(CC4)C34CC4)n2)nc1Cl. The minimum absolute atomic E-state index is 0.121. The van der Waals surface area contributed by atoms with E-state index < -0.39 is 0 Å². The van der Waals surface area contributed by atoms with Gasteiger partial charge in [-0.15, -0.1) is 5.10 Å². The van der Waals surface area contributed by atoms with E-state index in [-0.39, 0.29) is 6.61 Å². The van der Waals surface area contributed by atoms with Crippen molar-refractivity contribution < 1.29 is 9.84 Å². The van der Waals surface area contributed by atoms with Gasteiger partial charge >= 0.3 is 0 Å². The second-order valence-corrected chi connectivity index (χ2v) is 7.74. The van der Waals surface area contributed by atoms with Crippen LogP contribution < -0.4 is 4.74 Å².